The Bertz CT molecular complexity index is 830. The molecule has 3 rings (SSSR count). The molecule has 1 N–H and O–H groups in total. The minimum Gasteiger partial charge on any atom is -0.484 e. The lowest BCUT2D eigenvalue weighted by Gasteiger charge is -2.20. The van der Waals surface area contributed by atoms with Crippen molar-refractivity contribution in [3.63, 3.8) is 0 Å². The molecule has 0 spiro atoms. The normalized spacial score (nSPS) is 10.6. The second-order valence-electron chi connectivity index (χ2n) is 5.69. The van der Waals surface area contributed by atoms with E-state index in [0.29, 0.717) is 0 Å². The van der Waals surface area contributed by atoms with Crippen LogP contribution in [0.15, 0.2) is 78.9 Å². The number of rotatable bonds is 6. The molecule has 3 nitrogen and oxygen atoms in total. The third-order valence-corrected chi connectivity index (χ3v) is 3.83. The molecule has 3 aromatic carbocycles. The SMILES string of the molecule is O=C(COc1ccc(F)c(F)c1)NC(c1ccccc1)c1ccccc1. The van der Waals surface area contributed by atoms with Crippen molar-refractivity contribution < 1.29 is 18.3 Å². The van der Waals surface area contributed by atoms with E-state index in [4.69, 9.17) is 4.74 Å². The predicted octanol–water partition coefficient (Wildman–Crippen LogP) is 4.25. The number of amides is 1. The van der Waals surface area contributed by atoms with Gasteiger partial charge in [0.2, 0.25) is 0 Å². The largest absolute Gasteiger partial charge is 0.484 e. The van der Waals surface area contributed by atoms with E-state index in [0.717, 1.165) is 23.3 Å². The van der Waals surface area contributed by atoms with Crippen LogP contribution >= 0.6 is 0 Å². The van der Waals surface area contributed by atoms with Crippen LogP contribution in [0.4, 0.5) is 8.78 Å². The first-order valence-electron chi connectivity index (χ1n) is 8.10. The number of benzene rings is 3. The maximum atomic E-state index is 13.2. The zero-order chi connectivity index (χ0) is 18.4. The van der Waals surface area contributed by atoms with Gasteiger partial charge in [0.25, 0.3) is 5.91 Å². The first-order valence-corrected chi connectivity index (χ1v) is 8.10. The summed E-state index contributed by atoms with van der Waals surface area (Å²) in [5.41, 5.74) is 1.86. The van der Waals surface area contributed by atoms with Crippen LogP contribution in [0, 0.1) is 11.6 Å². The third-order valence-electron chi connectivity index (χ3n) is 3.83. The summed E-state index contributed by atoms with van der Waals surface area (Å²) in [5, 5.41) is 2.91. The fourth-order valence-corrected chi connectivity index (χ4v) is 2.57. The zero-order valence-electron chi connectivity index (χ0n) is 13.9. The fourth-order valence-electron chi connectivity index (χ4n) is 2.57. The van der Waals surface area contributed by atoms with Gasteiger partial charge in [-0.25, -0.2) is 8.78 Å². The molecular weight excluding hydrogens is 336 g/mol. The lowest BCUT2D eigenvalue weighted by atomic mass is 9.99. The van der Waals surface area contributed by atoms with Crippen molar-refractivity contribution in [2.24, 2.45) is 0 Å². The fraction of sp³-hybridized carbons (Fsp3) is 0.0952. The third kappa shape index (κ3) is 4.45. The highest BCUT2D eigenvalue weighted by atomic mass is 19.2. The number of hydrogen-bond donors (Lipinski definition) is 1. The average molecular weight is 353 g/mol. The Labute approximate surface area is 150 Å². The van der Waals surface area contributed by atoms with Gasteiger partial charge in [0.05, 0.1) is 6.04 Å². The number of ether oxygens (including phenoxy) is 1. The maximum absolute atomic E-state index is 13.2. The van der Waals surface area contributed by atoms with Crippen molar-refractivity contribution in [1.82, 2.24) is 5.32 Å². The topological polar surface area (TPSA) is 38.3 Å². The maximum Gasteiger partial charge on any atom is 0.258 e. The van der Waals surface area contributed by atoms with Crippen molar-refractivity contribution in [2.45, 2.75) is 6.04 Å². The predicted molar refractivity (Wildman–Crippen MR) is 94.7 cm³/mol. The van der Waals surface area contributed by atoms with Gasteiger partial charge in [-0.15, -0.1) is 0 Å². The summed E-state index contributed by atoms with van der Waals surface area (Å²) in [6.45, 7) is -0.304. The van der Waals surface area contributed by atoms with Crippen LogP contribution in [-0.2, 0) is 4.79 Å². The van der Waals surface area contributed by atoms with Crippen molar-refractivity contribution >= 4 is 5.91 Å². The molecule has 0 unspecified atom stereocenters. The Hall–Kier alpha value is -3.21. The Kier molecular flexibility index (Phi) is 5.59. The molecule has 26 heavy (non-hydrogen) atoms. The van der Waals surface area contributed by atoms with Gasteiger partial charge in [0.1, 0.15) is 5.75 Å². The molecule has 0 radical (unpaired) electrons. The number of nitrogens with one attached hydrogen (secondary N) is 1. The van der Waals surface area contributed by atoms with Gasteiger partial charge < -0.3 is 10.1 Å². The van der Waals surface area contributed by atoms with Crippen LogP contribution in [-0.4, -0.2) is 12.5 Å². The molecule has 0 fully saturated rings. The Balaban J connectivity index is 1.70. The summed E-state index contributed by atoms with van der Waals surface area (Å²) >= 11 is 0. The van der Waals surface area contributed by atoms with Gasteiger partial charge >= 0.3 is 0 Å². The van der Waals surface area contributed by atoms with E-state index in [1.807, 2.05) is 60.7 Å². The van der Waals surface area contributed by atoms with Crippen LogP contribution < -0.4 is 10.1 Å². The van der Waals surface area contributed by atoms with E-state index in [9.17, 15) is 13.6 Å². The van der Waals surface area contributed by atoms with E-state index in [1.54, 1.807) is 0 Å². The van der Waals surface area contributed by atoms with Gasteiger partial charge in [0, 0.05) is 6.07 Å². The highest BCUT2D eigenvalue weighted by molar-refractivity contribution is 5.78. The molecule has 0 aliphatic carbocycles. The van der Waals surface area contributed by atoms with Gasteiger partial charge in [-0.05, 0) is 23.3 Å². The molecule has 0 saturated carbocycles. The molecule has 5 heteroatoms. The minimum atomic E-state index is -1.02. The van der Waals surface area contributed by atoms with Gasteiger partial charge in [-0.3, -0.25) is 4.79 Å². The lowest BCUT2D eigenvalue weighted by molar-refractivity contribution is -0.123. The molecule has 0 saturated heterocycles. The Morgan fingerprint density at radius 3 is 1.96 bits per heavy atom. The number of hydrogen-bond acceptors (Lipinski definition) is 2. The molecule has 3 aromatic rings. The highest BCUT2D eigenvalue weighted by Gasteiger charge is 2.17. The summed E-state index contributed by atoms with van der Waals surface area (Å²) in [7, 11) is 0. The first-order chi connectivity index (χ1) is 12.6. The lowest BCUT2D eigenvalue weighted by Crippen LogP contribution is -2.33. The average Bonchev–Trinajstić information content (AvgIpc) is 2.68. The van der Waals surface area contributed by atoms with Crippen molar-refractivity contribution in [3.05, 3.63) is 102 Å². The molecule has 1 amide bonds. The number of carbonyl (C=O) groups is 1. The van der Waals surface area contributed by atoms with E-state index in [2.05, 4.69) is 5.32 Å². The summed E-state index contributed by atoms with van der Waals surface area (Å²) in [6, 6.07) is 21.9. The Morgan fingerprint density at radius 1 is 0.846 bits per heavy atom. The quantitative estimate of drug-likeness (QED) is 0.719. The van der Waals surface area contributed by atoms with Gasteiger partial charge in [-0.2, -0.15) is 0 Å². The van der Waals surface area contributed by atoms with E-state index in [-0.39, 0.29) is 24.3 Å². The molecule has 0 heterocycles. The summed E-state index contributed by atoms with van der Waals surface area (Å²) in [4.78, 5) is 12.3. The Morgan fingerprint density at radius 2 is 1.42 bits per heavy atom. The van der Waals surface area contributed by atoms with Gasteiger partial charge in [0.15, 0.2) is 18.2 Å². The molecule has 0 aliphatic heterocycles. The number of halogens is 2. The summed E-state index contributed by atoms with van der Waals surface area (Å²) in [5.74, 6) is -2.26. The van der Waals surface area contributed by atoms with Crippen LogP contribution in [0.5, 0.6) is 5.75 Å². The van der Waals surface area contributed by atoms with Crippen molar-refractivity contribution in [2.75, 3.05) is 6.61 Å². The smallest absolute Gasteiger partial charge is 0.258 e. The summed E-state index contributed by atoms with van der Waals surface area (Å²) < 4.78 is 31.4. The summed E-state index contributed by atoms with van der Waals surface area (Å²) in [6.07, 6.45) is 0. The van der Waals surface area contributed by atoms with Crippen LogP contribution in [0.3, 0.4) is 0 Å². The first kappa shape index (κ1) is 17.6. The standard InChI is InChI=1S/C21H17F2NO2/c22-18-12-11-17(13-19(18)23)26-14-20(25)24-21(15-7-3-1-4-8-15)16-9-5-2-6-10-16/h1-13,21H,14H2,(H,24,25). The van der Waals surface area contributed by atoms with Crippen molar-refractivity contribution in [3.8, 4) is 5.75 Å². The van der Waals surface area contributed by atoms with Gasteiger partial charge in [-0.1, -0.05) is 60.7 Å². The molecule has 0 bridgehead atoms. The molecule has 132 valence electrons. The minimum absolute atomic E-state index is 0.0926. The molecule has 0 aliphatic rings. The molecular formula is C21H17F2NO2. The van der Waals surface area contributed by atoms with Crippen LogP contribution in [0.25, 0.3) is 0 Å². The highest BCUT2D eigenvalue weighted by Crippen LogP contribution is 2.22. The second-order valence-corrected chi connectivity index (χ2v) is 5.69. The van der Waals surface area contributed by atoms with Crippen LogP contribution in [0.1, 0.15) is 17.2 Å². The van der Waals surface area contributed by atoms with E-state index >= 15 is 0 Å². The van der Waals surface area contributed by atoms with Crippen molar-refractivity contribution in [1.29, 1.82) is 0 Å². The van der Waals surface area contributed by atoms with E-state index in [1.165, 1.54) is 6.07 Å². The molecule has 0 aromatic heterocycles. The number of carbonyl (C=O) groups excluding carboxylic acids is 1. The monoisotopic (exact) mass is 353 g/mol. The zero-order valence-corrected chi connectivity index (χ0v) is 13.9. The molecule has 0 atom stereocenters. The van der Waals surface area contributed by atoms with Crippen LogP contribution in [0.2, 0.25) is 0 Å². The second kappa shape index (κ2) is 8.25. The van der Waals surface area contributed by atoms with E-state index < -0.39 is 11.6 Å².